The monoisotopic (exact) mass is 751 g/mol. The number of unbranched alkanes of at least 4 members (excludes halogenated alkanes) is 1. The highest BCUT2D eigenvalue weighted by atomic mass is 28.4. The highest BCUT2D eigenvalue weighted by molar-refractivity contribution is 6.99. The van der Waals surface area contributed by atoms with Crippen LogP contribution in [-0.2, 0) is 18.7 Å². The van der Waals surface area contributed by atoms with Crippen molar-refractivity contribution in [1.82, 2.24) is 15.5 Å². The molecule has 0 saturated carbocycles. The number of rotatable bonds is 15. The molecular formula is C43H53N3O7Si. The fourth-order valence-electron chi connectivity index (χ4n) is 7.51. The van der Waals surface area contributed by atoms with Gasteiger partial charge in [0.2, 0.25) is 5.91 Å². The lowest BCUT2D eigenvalue weighted by Gasteiger charge is -2.45. The smallest absolute Gasteiger partial charge is 0.407 e. The first-order chi connectivity index (χ1) is 26.0. The number of nitrogens with one attached hydrogen (secondary N) is 2. The summed E-state index contributed by atoms with van der Waals surface area (Å²) in [6, 6.07) is 39.0. The summed E-state index contributed by atoms with van der Waals surface area (Å²) in [7, 11) is -1.57. The van der Waals surface area contributed by atoms with Crippen molar-refractivity contribution in [2.45, 2.75) is 69.2 Å². The largest absolute Gasteiger partial charge is 0.465 e. The van der Waals surface area contributed by atoms with Gasteiger partial charge in [0, 0.05) is 12.5 Å². The number of carbonyl (C=O) groups excluding carboxylic acids is 2. The minimum Gasteiger partial charge on any atom is -0.465 e. The molecule has 3 atom stereocenters. The summed E-state index contributed by atoms with van der Waals surface area (Å²) in [5, 5.41) is 17.9. The van der Waals surface area contributed by atoms with E-state index in [2.05, 4.69) is 55.7 Å². The molecule has 3 amide bonds. The van der Waals surface area contributed by atoms with Gasteiger partial charge in [0.25, 0.3) is 8.32 Å². The van der Waals surface area contributed by atoms with Crippen LogP contribution in [0.25, 0.3) is 0 Å². The van der Waals surface area contributed by atoms with Crippen LogP contribution < -0.4 is 21.0 Å². The van der Waals surface area contributed by atoms with E-state index in [9.17, 15) is 19.5 Å². The fourth-order valence-corrected chi connectivity index (χ4v) is 12.1. The van der Waals surface area contributed by atoms with Gasteiger partial charge in [0.1, 0.15) is 6.04 Å². The molecule has 1 aliphatic rings. The van der Waals surface area contributed by atoms with Crippen molar-refractivity contribution in [3.8, 4) is 0 Å². The van der Waals surface area contributed by atoms with E-state index in [4.69, 9.17) is 13.9 Å². The molecule has 286 valence electrons. The second kappa shape index (κ2) is 18.9. The lowest BCUT2D eigenvalue weighted by atomic mass is 9.84. The summed E-state index contributed by atoms with van der Waals surface area (Å²) in [4.78, 5) is 39.9. The number of hydrogen-bond donors (Lipinski definition) is 3. The molecule has 0 aliphatic carbocycles. The van der Waals surface area contributed by atoms with Gasteiger partial charge in [-0.25, -0.2) is 9.59 Å². The van der Waals surface area contributed by atoms with Crippen molar-refractivity contribution in [3.05, 3.63) is 132 Å². The number of hydrogen-bond acceptors (Lipinski definition) is 6. The topological polar surface area (TPSA) is 126 Å². The number of ether oxygens (including phenoxy) is 2. The number of benzene rings is 4. The maximum Gasteiger partial charge on any atom is 0.407 e. The molecule has 1 heterocycles. The van der Waals surface area contributed by atoms with Gasteiger partial charge in [-0.15, -0.1) is 0 Å². The molecule has 2 unspecified atom stereocenters. The van der Waals surface area contributed by atoms with Gasteiger partial charge in [-0.1, -0.05) is 142 Å². The van der Waals surface area contributed by atoms with Crippen LogP contribution in [0.1, 0.15) is 57.1 Å². The molecular weight excluding hydrogens is 699 g/mol. The maximum absolute atomic E-state index is 13.7. The van der Waals surface area contributed by atoms with Crippen LogP contribution in [0.2, 0.25) is 5.04 Å². The average Bonchev–Trinajstić information content (AvgIpc) is 3.18. The molecule has 0 radical (unpaired) electrons. The van der Waals surface area contributed by atoms with Crippen LogP contribution in [-0.4, -0.2) is 88.0 Å². The van der Waals surface area contributed by atoms with Crippen LogP contribution >= 0.6 is 0 Å². The van der Waals surface area contributed by atoms with Crippen LogP contribution in [0.15, 0.2) is 121 Å². The van der Waals surface area contributed by atoms with Crippen LogP contribution in [0, 0.1) is 0 Å². The van der Waals surface area contributed by atoms with Gasteiger partial charge in [0.15, 0.2) is 0 Å². The maximum atomic E-state index is 13.7. The van der Waals surface area contributed by atoms with Gasteiger partial charge in [-0.3, -0.25) is 4.79 Å². The van der Waals surface area contributed by atoms with Crippen molar-refractivity contribution in [2.75, 3.05) is 33.4 Å². The highest BCUT2D eigenvalue weighted by Gasteiger charge is 2.50. The van der Waals surface area contributed by atoms with Gasteiger partial charge in [-0.05, 0) is 45.8 Å². The van der Waals surface area contributed by atoms with Gasteiger partial charge < -0.3 is 34.5 Å². The number of amides is 3. The quantitative estimate of drug-likeness (QED) is 0.0983. The Balaban J connectivity index is 1.23. The standard InChI is InChI=1S/C43H53N3O7Si/c1-43(2,3)54(36-24-13-7-14-25-36,37-26-15-8-16-27-37)52-31-35-30-46(42(49)50)29-34(53-35)23-17-18-28-44-40(47)39(45-41(48)51-4)38(32-19-9-5-10-20-32)33-21-11-6-12-22-33/h5-16,19-22,24-27,34-35,38-39H,17-18,23,28-31H2,1-4H3,(H,44,47)(H,45,48)(H,49,50)/t34?,35-,39?/m0/s1. The van der Waals surface area contributed by atoms with Crippen molar-refractivity contribution in [1.29, 1.82) is 0 Å². The molecule has 11 heteroatoms. The Kier molecular flexibility index (Phi) is 14.1. The summed E-state index contributed by atoms with van der Waals surface area (Å²) in [6.45, 7) is 7.74. The molecule has 0 aromatic heterocycles. The predicted octanol–water partition coefficient (Wildman–Crippen LogP) is 6.15. The first-order valence-corrected chi connectivity index (χ1v) is 20.5. The van der Waals surface area contributed by atoms with Crippen molar-refractivity contribution in [2.24, 2.45) is 0 Å². The lowest BCUT2D eigenvalue weighted by Crippen LogP contribution is -2.67. The van der Waals surface area contributed by atoms with Crippen molar-refractivity contribution < 1.29 is 33.4 Å². The number of carbonyl (C=O) groups is 3. The zero-order chi connectivity index (χ0) is 38.6. The molecule has 4 aromatic rings. The third-order valence-corrected chi connectivity index (χ3v) is 15.1. The van der Waals surface area contributed by atoms with E-state index in [1.165, 1.54) is 12.0 Å². The highest BCUT2D eigenvalue weighted by Crippen LogP contribution is 2.37. The second-order valence-corrected chi connectivity index (χ2v) is 19.0. The SMILES string of the molecule is COC(=O)NC(C(=O)NCCCCC1CN(C(=O)O)C[C@@H](CO[Si](c2ccccc2)(c2ccccc2)C(C)(C)C)O1)C(c1ccccc1)c1ccccc1. The molecule has 0 spiro atoms. The van der Waals surface area contributed by atoms with Gasteiger partial charge in [-0.2, -0.15) is 0 Å². The zero-order valence-electron chi connectivity index (χ0n) is 31.7. The lowest BCUT2D eigenvalue weighted by molar-refractivity contribution is -0.123. The third kappa shape index (κ3) is 9.96. The Bertz CT molecular complexity index is 1700. The van der Waals surface area contributed by atoms with E-state index in [0.717, 1.165) is 21.5 Å². The number of methoxy groups -OCH3 is 1. The number of morpholine rings is 1. The molecule has 5 rings (SSSR count). The summed E-state index contributed by atoms with van der Waals surface area (Å²) in [5.74, 6) is -0.781. The summed E-state index contributed by atoms with van der Waals surface area (Å²) in [6.07, 6.45) is -0.521. The molecule has 3 N–H and O–H groups in total. The summed E-state index contributed by atoms with van der Waals surface area (Å²) < 4.78 is 18.5. The summed E-state index contributed by atoms with van der Waals surface area (Å²) >= 11 is 0. The number of alkyl carbamates (subject to hydrolysis) is 1. The van der Waals surface area contributed by atoms with Crippen molar-refractivity contribution >= 4 is 36.8 Å². The molecule has 1 aliphatic heterocycles. The number of nitrogens with zero attached hydrogens (tertiary/aromatic N) is 1. The van der Waals surface area contributed by atoms with Gasteiger partial charge >= 0.3 is 12.2 Å². The Morgan fingerprint density at radius 3 is 1.78 bits per heavy atom. The van der Waals surface area contributed by atoms with E-state index < -0.39 is 38.6 Å². The van der Waals surface area contributed by atoms with E-state index >= 15 is 0 Å². The first kappa shape index (κ1) is 40.2. The van der Waals surface area contributed by atoms with Crippen LogP contribution in [0.4, 0.5) is 9.59 Å². The minimum atomic E-state index is -2.85. The average molecular weight is 752 g/mol. The van der Waals surface area contributed by atoms with E-state index in [1.54, 1.807) is 0 Å². The Labute approximate surface area is 320 Å². The molecule has 54 heavy (non-hydrogen) atoms. The van der Waals surface area contributed by atoms with Crippen LogP contribution in [0.5, 0.6) is 0 Å². The van der Waals surface area contributed by atoms with E-state index in [0.29, 0.717) is 25.8 Å². The van der Waals surface area contributed by atoms with E-state index in [-0.39, 0.29) is 36.7 Å². The Morgan fingerprint density at radius 2 is 1.30 bits per heavy atom. The molecule has 1 saturated heterocycles. The first-order valence-electron chi connectivity index (χ1n) is 18.6. The van der Waals surface area contributed by atoms with Gasteiger partial charge in [0.05, 0.1) is 39.0 Å². The number of carboxylic acid groups (broad SMARTS) is 1. The third-order valence-electron chi connectivity index (χ3n) is 10.1. The zero-order valence-corrected chi connectivity index (χ0v) is 32.7. The van der Waals surface area contributed by atoms with E-state index in [1.807, 2.05) is 97.1 Å². The second-order valence-electron chi connectivity index (χ2n) is 14.7. The Morgan fingerprint density at radius 1 is 0.796 bits per heavy atom. The normalized spacial score (nSPS) is 16.7. The minimum absolute atomic E-state index is 0.221. The molecule has 10 nitrogen and oxygen atoms in total. The molecule has 0 bridgehead atoms. The molecule has 1 fully saturated rings. The van der Waals surface area contributed by atoms with Crippen LogP contribution in [0.3, 0.4) is 0 Å². The summed E-state index contributed by atoms with van der Waals surface area (Å²) in [5.41, 5.74) is 1.76. The predicted molar refractivity (Wildman–Crippen MR) is 213 cm³/mol. The van der Waals surface area contributed by atoms with Crippen molar-refractivity contribution in [3.63, 3.8) is 0 Å². The molecule has 4 aromatic carbocycles. The Hall–Kier alpha value is -4.97. The fraction of sp³-hybridized carbons (Fsp3) is 0.372.